The van der Waals surface area contributed by atoms with Crippen LogP contribution in [-0.4, -0.2) is 58.5 Å². The van der Waals surface area contributed by atoms with Crippen LogP contribution in [0.25, 0.3) is 10.2 Å². The number of carbonyl (C=O) groups is 1. The normalized spacial score (nSPS) is 21.8. The maximum absolute atomic E-state index is 13.1. The number of thiophene rings is 1. The molecule has 2 aromatic rings. The SMILES string of the molecule is Cc1sc2nc(SCC(=O)N(C3CCCC3)C3CCS(=O)(=O)C3)nc(N)c2c1C. The second-order valence-corrected chi connectivity index (χ2v) is 12.3. The summed E-state index contributed by atoms with van der Waals surface area (Å²) in [5, 5.41) is 1.39. The molecule has 0 bridgehead atoms. The highest BCUT2D eigenvalue weighted by molar-refractivity contribution is 7.99. The molecule has 1 atom stereocenters. The number of sulfone groups is 1. The monoisotopic (exact) mass is 454 g/mol. The van der Waals surface area contributed by atoms with Crippen molar-refractivity contribution < 1.29 is 13.2 Å². The van der Waals surface area contributed by atoms with Crippen LogP contribution in [0.1, 0.15) is 42.5 Å². The number of thioether (sulfide) groups is 1. The summed E-state index contributed by atoms with van der Waals surface area (Å²) in [5.74, 6) is 0.880. The molecule has 2 fully saturated rings. The van der Waals surface area contributed by atoms with Gasteiger partial charge in [-0.1, -0.05) is 24.6 Å². The second kappa shape index (κ2) is 8.03. The predicted octanol–water partition coefficient (Wildman–Crippen LogP) is 2.94. The van der Waals surface area contributed by atoms with Gasteiger partial charge in [-0.05, 0) is 38.7 Å². The van der Waals surface area contributed by atoms with E-state index in [2.05, 4.69) is 9.97 Å². The third-order valence-corrected chi connectivity index (χ3v) is 9.65. The third-order valence-electron chi connectivity index (χ3n) is 5.97. The van der Waals surface area contributed by atoms with E-state index < -0.39 is 9.84 Å². The lowest BCUT2D eigenvalue weighted by atomic mass is 10.1. The quantitative estimate of drug-likeness (QED) is 0.547. The molecular formula is C19H26N4O3S3. The number of aryl methyl sites for hydroxylation is 2. The van der Waals surface area contributed by atoms with Gasteiger partial charge in [0.25, 0.3) is 0 Å². The molecule has 2 aromatic heterocycles. The van der Waals surface area contributed by atoms with Crippen LogP contribution < -0.4 is 5.73 Å². The van der Waals surface area contributed by atoms with Gasteiger partial charge >= 0.3 is 0 Å². The minimum Gasteiger partial charge on any atom is -0.383 e. The van der Waals surface area contributed by atoms with Gasteiger partial charge < -0.3 is 10.6 Å². The van der Waals surface area contributed by atoms with Crippen molar-refractivity contribution in [1.82, 2.24) is 14.9 Å². The Hall–Kier alpha value is -1.39. The van der Waals surface area contributed by atoms with Crippen LogP contribution in [0.3, 0.4) is 0 Å². The van der Waals surface area contributed by atoms with E-state index in [0.29, 0.717) is 17.4 Å². The Balaban J connectivity index is 1.51. The molecule has 4 rings (SSSR count). The smallest absolute Gasteiger partial charge is 0.233 e. The fourth-order valence-corrected chi connectivity index (χ4v) is 7.93. The predicted molar refractivity (Wildman–Crippen MR) is 118 cm³/mol. The lowest BCUT2D eigenvalue weighted by Crippen LogP contribution is -2.47. The highest BCUT2D eigenvalue weighted by Gasteiger charge is 2.38. The molecule has 0 radical (unpaired) electrons. The Morgan fingerprint density at radius 1 is 1.21 bits per heavy atom. The van der Waals surface area contributed by atoms with Gasteiger partial charge in [-0.3, -0.25) is 4.79 Å². The number of rotatable bonds is 5. The number of aromatic nitrogens is 2. The van der Waals surface area contributed by atoms with Crippen molar-refractivity contribution >= 4 is 54.9 Å². The first kappa shape index (κ1) is 20.9. The number of anilines is 1. The van der Waals surface area contributed by atoms with E-state index in [1.54, 1.807) is 11.3 Å². The summed E-state index contributed by atoms with van der Waals surface area (Å²) in [6, 6.07) is -0.0512. The molecule has 2 N–H and O–H groups in total. The van der Waals surface area contributed by atoms with E-state index in [4.69, 9.17) is 5.73 Å². The molecule has 1 saturated heterocycles. The van der Waals surface area contributed by atoms with E-state index in [9.17, 15) is 13.2 Å². The molecule has 2 aliphatic rings. The van der Waals surface area contributed by atoms with Gasteiger partial charge in [-0.2, -0.15) is 0 Å². The first-order valence-electron chi connectivity index (χ1n) is 9.93. The molecule has 1 aliphatic carbocycles. The average Bonchev–Trinajstić information content (AvgIpc) is 3.35. The standard InChI is InChI=1S/C19H26N4O3S3/c1-11-12(2)28-18-16(11)17(20)21-19(22-18)27-9-15(24)23(13-5-3-4-6-13)14-7-8-29(25,26)10-14/h13-14H,3-10H2,1-2H3,(H2,20,21,22). The average molecular weight is 455 g/mol. The minimum atomic E-state index is -3.04. The summed E-state index contributed by atoms with van der Waals surface area (Å²) in [4.78, 5) is 26.0. The van der Waals surface area contributed by atoms with Gasteiger partial charge in [0.2, 0.25) is 5.91 Å². The number of hydrogen-bond donors (Lipinski definition) is 1. The minimum absolute atomic E-state index is 0.0233. The number of carbonyl (C=O) groups excluding carboxylic acids is 1. The molecule has 7 nitrogen and oxygen atoms in total. The van der Waals surface area contributed by atoms with Gasteiger partial charge in [0.05, 0.1) is 22.6 Å². The van der Waals surface area contributed by atoms with E-state index in [0.717, 1.165) is 46.3 Å². The van der Waals surface area contributed by atoms with Crippen molar-refractivity contribution in [3.63, 3.8) is 0 Å². The van der Waals surface area contributed by atoms with E-state index >= 15 is 0 Å². The van der Waals surface area contributed by atoms with Crippen LogP contribution in [0.5, 0.6) is 0 Å². The topological polar surface area (TPSA) is 106 Å². The summed E-state index contributed by atoms with van der Waals surface area (Å²) < 4.78 is 24.0. The first-order chi connectivity index (χ1) is 13.7. The number of fused-ring (bicyclic) bond motifs is 1. The Bertz CT molecular complexity index is 1040. The number of hydrogen-bond acceptors (Lipinski definition) is 8. The lowest BCUT2D eigenvalue weighted by Gasteiger charge is -2.34. The number of nitrogens with two attached hydrogens (primary N) is 1. The summed E-state index contributed by atoms with van der Waals surface area (Å²) in [6.45, 7) is 4.05. The number of nitrogens with zero attached hydrogens (tertiary/aromatic N) is 3. The van der Waals surface area contributed by atoms with Gasteiger partial charge in [-0.25, -0.2) is 18.4 Å². The van der Waals surface area contributed by atoms with Gasteiger partial charge in [0.1, 0.15) is 10.6 Å². The summed E-state index contributed by atoms with van der Waals surface area (Å²) in [6.07, 6.45) is 4.63. The summed E-state index contributed by atoms with van der Waals surface area (Å²) in [5.41, 5.74) is 7.25. The Morgan fingerprint density at radius 2 is 1.93 bits per heavy atom. The zero-order valence-corrected chi connectivity index (χ0v) is 19.1. The van der Waals surface area contributed by atoms with Crippen molar-refractivity contribution in [2.24, 2.45) is 0 Å². The Labute approximate surface area is 179 Å². The molecule has 0 spiro atoms. The highest BCUT2D eigenvalue weighted by Crippen LogP contribution is 2.34. The van der Waals surface area contributed by atoms with Crippen LogP contribution in [0.4, 0.5) is 5.82 Å². The first-order valence-corrected chi connectivity index (χ1v) is 13.5. The highest BCUT2D eigenvalue weighted by atomic mass is 32.2. The molecule has 29 heavy (non-hydrogen) atoms. The number of nitrogen functional groups attached to an aromatic ring is 1. The molecule has 10 heteroatoms. The molecule has 1 saturated carbocycles. The van der Waals surface area contributed by atoms with E-state index in [1.165, 1.54) is 11.8 Å². The van der Waals surface area contributed by atoms with Gasteiger partial charge in [-0.15, -0.1) is 11.3 Å². The molecule has 158 valence electrons. The molecular weight excluding hydrogens is 428 g/mol. The maximum atomic E-state index is 13.1. The van der Waals surface area contributed by atoms with Crippen molar-refractivity contribution in [3.05, 3.63) is 10.4 Å². The molecule has 1 unspecified atom stereocenters. The Kier molecular flexibility index (Phi) is 5.78. The summed E-state index contributed by atoms with van der Waals surface area (Å²) in [7, 11) is -3.04. The summed E-state index contributed by atoms with van der Waals surface area (Å²) >= 11 is 2.86. The lowest BCUT2D eigenvalue weighted by molar-refractivity contribution is -0.132. The van der Waals surface area contributed by atoms with E-state index in [-0.39, 0.29) is 35.2 Å². The van der Waals surface area contributed by atoms with Gasteiger partial charge in [0.15, 0.2) is 15.0 Å². The maximum Gasteiger partial charge on any atom is 0.233 e. The van der Waals surface area contributed by atoms with Crippen molar-refractivity contribution in [2.75, 3.05) is 23.0 Å². The van der Waals surface area contributed by atoms with Crippen molar-refractivity contribution in [3.8, 4) is 0 Å². The van der Waals surface area contributed by atoms with E-state index in [1.807, 2.05) is 18.7 Å². The van der Waals surface area contributed by atoms with Crippen LogP contribution in [0, 0.1) is 13.8 Å². The Morgan fingerprint density at radius 3 is 2.59 bits per heavy atom. The molecule has 1 amide bonds. The van der Waals surface area contributed by atoms with Crippen LogP contribution in [0.15, 0.2) is 5.16 Å². The fourth-order valence-electron chi connectivity index (χ4n) is 4.41. The zero-order valence-electron chi connectivity index (χ0n) is 16.7. The third kappa shape index (κ3) is 4.25. The molecule has 0 aromatic carbocycles. The number of amides is 1. The van der Waals surface area contributed by atoms with Crippen molar-refractivity contribution in [1.29, 1.82) is 0 Å². The molecule has 1 aliphatic heterocycles. The van der Waals surface area contributed by atoms with Crippen LogP contribution in [0.2, 0.25) is 0 Å². The van der Waals surface area contributed by atoms with Crippen LogP contribution >= 0.6 is 23.1 Å². The zero-order chi connectivity index (χ0) is 20.8. The van der Waals surface area contributed by atoms with Gasteiger partial charge in [0, 0.05) is 17.0 Å². The molecule has 3 heterocycles. The largest absolute Gasteiger partial charge is 0.383 e. The van der Waals surface area contributed by atoms with Crippen molar-refractivity contribution in [2.45, 2.75) is 63.2 Å². The fraction of sp³-hybridized carbons (Fsp3) is 0.632. The second-order valence-electron chi connectivity index (χ2n) is 7.94. The van der Waals surface area contributed by atoms with Crippen LogP contribution in [-0.2, 0) is 14.6 Å².